The molecule has 1 aliphatic heterocycles. The summed E-state index contributed by atoms with van der Waals surface area (Å²) in [4.78, 5) is 2.44. The van der Waals surface area contributed by atoms with Gasteiger partial charge in [-0.25, -0.2) is 0 Å². The number of piperidine rings is 1. The van der Waals surface area contributed by atoms with Crippen molar-refractivity contribution in [3.05, 3.63) is 0 Å². The molecule has 0 spiro atoms. The summed E-state index contributed by atoms with van der Waals surface area (Å²) in [5.74, 6) is 0. The fourth-order valence-corrected chi connectivity index (χ4v) is 2.93. The fourth-order valence-electron chi connectivity index (χ4n) is 2.93. The molecular formula is C14H27NO3. The van der Waals surface area contributed by atoms with Crippen molar-refractivity contribution in [1.29, 1.82) is 0 Å². The Labute approximate surface area is 110 Å². The Morgan fingerprint density at radius 2 is 1.61 bits per heavy atom. The molecule has 18 heavy (non-hydrogen) atoms. The van der Waals surface area contributed by atoms with Gasteiger partial charge in [-0.2, -0.15) is 0 Å². The Morgan fingerprint density at radius 3 is 2.28 bits per heavy atom. The van der Waals surface area contributed by atoms with E-state index in [0.29, 0.717) is 18.8 Å². The SMILES string of the molecule is OCCOCCN1CCC(OC2CCCC2)CC1. The third kappa shape index (κ3) is 4.84. The van der Waals surface area contributed by atoms with Gasteiger partial charge in [0, 0.05) is 19.6 Å². The van der Waals surface area contributed by atoms with Gasteiger partial charge < -0.3 is 19.5 Å². The molecule has 2 fully saturated rings. The van der Waals surface area contributed by atoms with Crippen molar-refractivity contribution in [2.24, 2.45) is 0 Å². The summed E-state index contributed by atoms with van der Waals surface area (Å²) in [7, 11) is 0. The number of hydrogen-bond donors (Lipinski definition) is 1. The van der Waals surface area contributed by atoms with Crippen LogP contribution in [0.2, 0.25) is 0 Å². The van der Waals surface area contributed by atoms with Crippen LogP contribution >= 0.6 is 0 Å². The lowest BCUT2D eigenvalue weighted by Crippen LogP contribution is -2.39. The Balaban J connectivity index is 1.53. The minimum absolute atomic E-state index is 0.122. The number of likely N-dealkylation sites (tertiary alicyclic amines) is 1. The normalized spacial score (nSPS) is 23.8. The number of hydrogen-bond acceptors (Lipinski definition) is 4. The van der Waals surface area contributed by atoms with Crippen molar-refractivity contribution in [3.63, 3.8) is 0 Å². The van der Waals surface area contributed by atoms with Crippen LogP contribution in [-0.4, -0.2) is 61.7 Å². The first-order chi connectivity index (χ1) is 8.88. The maximum atomic E-state index is 8.62. The van der Waals surface area contributed by atoms with E-state index >= 15 is 0 Å². The van der Waals surface area contributed by atoms with E-state index in [-0.39, 0.29) is 6.61 Å². The summed E-state index contributed by atoms with van der Waals surface area (Å²) < 4.78 is 11.4. The third-order valence-corrected chi connectivity index (χ3v) is 4.01. The maximum Gasteiger partial charge on any atom is 0.0698 e. The highest BCUT2D eigenvalue weighted by molar-refractivity contribution is 4.75. The topological polar surface area (TPSA) is 41.9 Å². The number of rotatable bonds is 7. The van der Waals surface area contributed by atoms with Crippen LogP contribution in [0.5, 0.6) is 0 Å². The highest BCUT2D eigenvalue weighted by Gasteiger charge is 2.24. The molecule has 106 valence electrons. The van der Waals surface area contributed by atoms with E-state index in [1.165, 1.54) is 25.7 Å². The fraction of sp³-hybridized carbons (Fsp3) is 1.00. The first kappa shape index (κ1) is 14.3. The van der Waals surface area contributed by atoms with Gasteiger partial charge in [-0.05, 0) is 25.7 Å². The van der Waals surface area contributed by atoms with E-state index in [1.54, 1.807) is 0 Å². The zero-order valence-corrected chi connectivity index (χ0v) is 11.4. The first-order valence-electron chi connectivity index (χ1n) is 7.45. The smallest absolute Gasteiger partial charge is 0.0698 e. The molecule has 0 aromatic carbocycles. The van der Waals surface area contributed by atoms with E-state index in [4.69, 9.17) is 14.6 Å². The van der Waals surface area contributed by atoms with Crippen molar-refractivity contribution in [2.75, 3.05) is 39.5 Å². The van der Waals surface area contributed by atoms with Crippen molar-refractivity contribution in [2.45, 2.75) is 50.7 Å². The highest BCUT2D eigenvalue weighted by atomic mass is 16.5. The minimum Gasteiger partial charge on any atom is -0.394 e. The zero-order chi connectivity index (χ0) is 12.6. The summed E-state index contributed by atoms with van der Waals surface area (Å²) in [6.07, 6.45) is 8.62. The van der Waals surface area contributed by atoms with Crippen molar-refractivity contribution in [3.8, 4) is 0 Å². The molecule has 0 aromatic heterocycles. The van der Waals surface area contributed by atoms with Crippen molar-refractivity contribution in [1.82, 2.24) is 4.90 Å². The predicted octanol–water partition coefficient (Wildman–Crippen LogP) is 1.42. The molecule has 1 saturated heterocycles. The largest absolute Gasteiger partial charge is 0.394 e. The zero-order valence-electron chi connectivity index (χ0n) is 11.4. The van der Waals surface area contributed by atoms with E-state index in [9.17, 15) is 0 Å². The highest BCUT2D eigenvalue weighted by Crippen LogP contribution is 2.25. The molecule has 2 aliphatic rings. The van der Waals surface area contributed by atoms with E-state index in [1.807, 2.05) is 0 Å². The Kier molecular flexibility index (Phi) is 6.41. The van der Waals surface area contributed by atoms with E-state index in [0.717, 1.165) is 39.1 Å². The quantitative estimate of drug-likeness (QED) is 0.700. The molecule has 0 radical (unpaired) electrons. The van der Waals surface area contributed by atoms with Gasteiger partial charge in [-0.3, -0.25) is 0 Å². The number of ether oxygens (including phenoxy) is 2. The Morgan fingerprint density at radius 1 is 0.944 bits per heavy atom. The molecule has 2 rings (SSSR count). The molecule has 0 bridgehead atoms. The minimum atomic E-state index is 0.122. The summed E-state index contributed by atoms with van der Waals surface area (Å²) in [5, 5.41) is 8.62. The second-order valence-electron chi connectivity index (χ2n) is 5.42. The molecular weight excluding hydrogens is 230 g/mol. The van der Waals surface area contributed by atoms with Crippen LogP contribution in [0.25, 0.3) is 0 Å². The van der Waals surface area contributed by atoms with Gasteiger partial charge in [-0.1, -0.05) is 12.8 Å². The monoisotopic (exact) mass is 257 g/mol. The molecule has 0 unspecified atom stereocenters. The van der Waals surface area contributed by atoms with Crippen LogP contribution < -0.4 is 0 Å². The van der Waals surface area contributed by atoms with Crippen LogP contribution in [0.4, 0.5) is 0 Å². The standard InChI is InChI=1S/C14H27NO3/c16-10-12-17-11-9-15-7-5-14(6-8-15)18-13-3-1-2-4-13/h13-14,16H,1-12H2. The molecule has 1 heterocycles. The average Bonchev–Trinajstić information content (AvgIpc) is 2.89. The van der Waals surface area contributed by atoms with Crippen LogP contribution in [0.1, 0.15) is 38.5 Å². The molecule has 0 aromatic rings. The van der Waals surface area contributed by atoms with Gasteiger partial charge in [0.15, 0.2) is 0 Å². The van der Waals surface area contributed by atoms with Gasteiger partial charge in [-0.15, -0.1) is 0 Å². The number of aliphatic hydroxyl groups excluding tert-OH is 1. The van der Waals surface area contributed by atoms with Gasteiger partial charge in [0.05, 0.1) is 32.0 Å². The second kappa shape index (κ2) is 8.10. The van der Waals surface area contributed by atoms with Crippen LogP contribution in [0.3, 0.4) is 0 Å². The third-order valence-electron chi connectivity index (χ3n) is 4.01. The van der Waals surface area contributed by atoms with Crippen LogP contribution in [0.15, 0.2) is 0 Å². The van der Waals surface area contributed by atoms with Gasteiger partial charge in [0.2, 0.25) is 0 Å². The Bertz CT molecular complexity index is 211. The Hall–Kier alpha value is -0.160. The predicted molar refractivity (Wildman–Crippen MR) is 70.7 cm³/mol. The summed E-state index contributed by atoms with van der Waals surface area (Å²) in [6.45, 7) is 4.54. The maximum absolute atomic E-state index is 8.62. The molecule has 0 amide bonds. The lowest BCUT2D eigenvalue weighted by molar-refractivity contribution is -0.0420. The van der Waals surface area contributed by atoms with Crippen LogP contribution in [0, 0.1) is 0 Å². The molecule has 1 aliphatic carbocycles. The van der Waals surface area contributed by atoms with Crippen LogP contribution in [-0.2, 0) is 9.47 Å². The molecule has 0 atom stereocenters. The van der Waals surface area contributed by atoms with Gasteiger partial charge in [0.25, 0.3) is 0 Å². The van der Waals surface area contributed by atoms with E-state index < -0.39 is 0 Å². The molecule has 4 heteroatoms. The first-order valence-corrected chi connectivity index (χ1v) is 7.45. The molecule has 1 saturated carbocycles. The van der Waals surface area contributed by atoms with Crippen molar-refractivity contribution >= 4 is 0 Å². The number of nitrogens with zero attached hydrogens (tertiary/aromatic N) is 1. The molecule has 4 nitrogen and oxygen atoms in total. The molecule has 1 N–H and O–H groups in total. The number of aliphatic hydroxyl groups is 1. The average molecular weight is 257 g/mol. The lowest BCUT2D eigenvalue weighted by Gasteiger charge is -2.33. The summed E-state index contributed by atoms with van der Waals surface area (Å²) >= 11 is 0. The van der Waals surface area contributed by atoms with Crippen molar-refractivity contribution < 1.29 is 14.6 Å². The van der Waals surface area contributed by atoms with Gasteiger partial charge in [0.1, 0.15) is 0 Å². The lowest BCUT2D eigenvalue weighted by atomic mass is 10.1. The second-order valence-corrected chi connectivity index (χ2v) is 5.42. The summed E-state index contributed by atoms with van der Waals surface area (Å²) in [5.41, 5.74) is 0. The van der Waals surface area contributed by atoms with E-state index in [2.05, 4.69) is 4.90 Å². The van der Waals surface area contributed by atoms with Gasteiger partial charge >= 0.3 is 0 Å². The summed E-state index contributed by atoms with van der Waals surface area (Å²) in [6, 6.07) is 0.